The standard InChI is InChI=1S/C31H38N4O2/c1-37-28-17-15-25(16-18-28)19-23-35(30(36)14-8-9-20-32-31-33-21-22-34-31)24-29(26-10-4-2-5-11-26)27-12-6-3-7-13-27/h2-7,10-13,15-18,29H,8-9,14,19-24H2,1H3,(H2,32,33,34). The van der Waals surface area contributed by atoms with Crippen molar-refractivity contribution in [3.63, 3.8) is 0 Å². The number of unbranched alkanes of at least 4 members (excludes halogenated alkanes) is 1. The number of carbonyl (C=O) groups excluding carboxylic acids is 1. The first kappa shape index (κ1) is 26.3. The average molecular weight is 499 g/mol. The van der Waals surface area contributed by atoms with Crippen LogP contribution in [0.5, 0.6) is 5.75 Å². The smallest absolute Gasteiger partial charge is 0.222 e. The van der Waals surface area contributed by atoms with Gasteiger partial charge in [-0.15, -0.1) is 0 Å². The zero-order valence-corrected chi connectivity index (χ0v) is 21.7. The Bertz CT molecular complexity index is 1080. The molecule has 6 heteroatoms. The minimum atomic E-state index is 0.121. The molecule has 0 aliphatic carbocycles. The van der Waals surface area contributed by atoms with Gasteiger partial charge in [-0.1, -0.05) is 72.8 Å². The van der Waals surface area contributed by atoms with Crippen molar-refractivity contribution in [3.8, 4) is 5.75 Å². The van der Waals surface area contributed by atoms with E-state index >= 15 is 0 Å². The summed E-state index contributed by atoms with van der Waals surface area (Å²) in [5.74, 6) is 2.05. The van der Waals surface area contributed by atoms with Gasteiger partial charge in [-0.05, 0) is 48.1 Å². The highest BCUT2D eigenvalue weighted by molar-refractivity contribution is 5.81. The van der Waals surface area contributed by atoms with Crippen LogP contribution >= 0.6 is 0 Å². The van der Waals surface area contributed by atoms with Crippen LogP contribution in [0.2, 0.25) is 0 Å². The Labute approximate surface area is 220 Å². The first-order valence-electron chi connectivity index (χ1n) is 13.3. The molecule has 0 atom stereocenters. The van der Waals surface area contributed by atoms with Crippen LogP contribution in [0.4, 0.5) is 0 Å². The van der Waals surface area contributed by atoms with Crippen LogP contribution in [-0.4, -0.2) is 56.6 Å². The molecule has 194 valence electrons. The molecule has 1 aliphatic rings. The van der Waals surface area contributed by atoms with Crippen LogP contribution in [0.15, 0.2) is 89.9 Å². The number of nitrogens with zero attached hydrogens (tertiary/aromatic N) is 2. The quantitative estimate of drug-likeness (QED) is 0.338. The summed E-state index contributed by atoms with van der Waals surface area (Å²) >= 11 is 0. The fourth-order valence-electron chi connectivity index (χ4n) is 4.65. The number of methoxy groups -OCH3 is 1. The minimum absolute atomic E-state index is 0.121. The van der Waals surface area contributed by atoms with E-state index in [2.05, 4.69) is 81.2 Å². The van der Waals surface area contributed by atoms with E-state index in [0.717, 1.165) is 50.6 Å². The Kier molecular flexibility index (Phi) is 9.99. The van der Waals surface area contributed by atoms with E-state index in [1.54, 1.807) is 7.11 Å². The van der Waals surface area contributed by atoms with E-state index in [-0.39, 0.29) is 11.8 Å². The lowest BCUT2D eigenvalue weighted by atomic mass is 9.90. The zero-order valence-electron chi connectivity index (χ0n) is 21.7. The second kappa shape index (κ2) is 14.1. The van der Waals surface area contributed by atoms with Crippen molar-refractivity contribution in [3.05, 3.63) is 102 Å². The number of guanidine groups is 1. The van der Waals surface area contributed by atoms with Crippen molar-refractivity contribution in [1.29, 1.82) is 0 Å². The summed E-state index contributed by atoms with van der Waals surface area (Å²) in [7, 11) is 1.68. The molecule has 3 aromatic carbocycles. The highest BCUT2D eigenvalue weighted by atomic mass is 16.5. The molecule has 1 amide bonds. The summed E-state index contributed by atoms with van der Waals surface area (Å²) in [6.45, 7) is 3.88. The van der Waals surface area contributed by atoms with E-state index < -0.39 is 0 Å². The summed E-state index contributed by atoms with van der Waals surface area (Å²) in [5.41, 5.74) is 3.65. The minimum Gasteiger partial charge on any atom is -0.497 e. The second-order valence-electron chi connectivity index (χ2n) is 9.35. The van der Waals surface area contributed by atoms with Crippen molar-refractivity contribution in [2.45, 2.75) is 31.6 Å². The maximum absolute atomic E-state index is 13.5. The number of rotatable bonds is 13. The van der Waals surface area contributed by atoms with Crippen molar-refractivity contribution in [2.75, 3.05) is 39.8 Å². The van der Waals surface area contributed by atoms with E-state index in [0.29, 0.717) is 19.5 Å². The second-order valence-corrected chi connectivity index (χ2v) is 9.35. The highest BCUT2D eigenvalue weighted by Crippen LogP contribution is 2.26. The van der Waals surface area contributed by atoms with E-state index in [1.165, 1.54) is 16.7 Å². The first-order valence-corrected chi connectivity index (χ1v) is 13.3. The Morgan fingerprint density at radius 3 is 2.24 bits per heavy atom. The third kappa shape index (κ3) is 8.10. The third-order valence-corrected chi connectivity index (χ3v) is 6.77. The average Bonchev–Trinajstić information content (AvgIpc) is 3.48. The van der Waals surface area contributed by atoms with Crippen LogP contribution in [0, 0.1) is 0 Å². The lowest BCUT2D eigenvalue weighted by Crippen LogP contribution is -2.37. The van der Waals surface area contributed by atoms with Gasteiger partial charge in [0.2, 0.25) is 5.91 Å². The van der Waals surface area contributed by atoms with Gasteiger partial charge >= 0.3 is 0 Å². The van der Waals surface area contributed by atoms with Gasteiger partial charge in [-0.25, -0.2) is 0 Å². The molecule has 0 saturated heterocycles. The van der Waals surface area contributed by atoms with Gasteiger partial charge in [-0.2, -0.15) is 0 Å². The number of nitrogens with one attached hydrogen (secondary N) is 2. The zero-order chi connectivity index (χ0) is 25.7. The van der Waals surface area contributed by atoms with Gasteiger partial charge in [-0.3, -0.25) is 9.79 Å². The molecule has 0 saturated carbocycles. The number of amides is 1. The Balaban J connectivity index is 1.43. The predicted molar refractivity (Wildman–Crippen MR) is 150 cm³/mol. The molecular weight excluding hydrogens is 460 g/mol. The molecule has 0 spiro atoms. The number of ether oxygens (including phenoxy) is 1. The maximum atomic E-state index is 13.5. The molecule has 4 rings (SSSR count). The normalized spacial score (nSPS) is 12.6. The lowest BCUT2D eigenvalue weighted by Gasteiger charge is -2.29. The summed E-state index contributed by atoms with van der Waals surface area (Å²) in [4.78, 5) is 20.0. The van der Waals surface area contributed by atoms with Crippen LogP contribution in [0.1, 0.15) is 41.9 Å². The molecule has 0 radical (unpaired) electrons. The summed E-state index contributed by atoms with van der Waals surface area (Å²) in [6, 6.07) is 29.2. The predicted octanol–water partition coefficient (Wildman–Crippen LogP) is 4.62. The molecule has 0 bridgehead atoms. The summed E-state index contributed by atoms with van der Waals surface area (Å²) in [5, 5.41) is 6.54. The van der Waals surface area contributed by atoms with Crippen molar-refractivity contribution < 1.29 is 9.53 Å². The molecular formula is C31H38N4O2. The molecule has 6 nitrogen and oxygen atoms in total. The van der Waals surface area contributed by atoms with Gasteiger partial charge in [0.25, 0.3) is 0 Å². The van der Waals surface area contributed by atoms with E-state index in [9.17, 15) is 4.79 Å². The Morgan fingerprint density at radius 2 is 1.65 bits per heavy atom. The van der Waals surface area contributed by atoms with Crippen LogP contribution < -0.4 is 15.4 Å². The lowest BCUT2D eigenvalue weighted by molar-refractivity contribution is -0.131. The molecule has 2 N–H and O–H groups in total. The van der Waals surface area contributed by atoms with Gasteiger partial charge in [0.1, 0.15) is 5.75 Å². The summed E-state index contributed by atoms with van der Waals surface area (Å²) in [6.07, 6.45) is 3.12. The van der Waals surface area contributed by atoms with Crippen LogP contribution in [-0.2, 0) is 11.2 Å². The van der Waals surface area contributed by atoms with Gasteiger partial charge in [0, 0.05) is 38.5 Å². The number of hydrogen-bond acceptors (Lipinski definition) is 5. The fraction of sp³-hybridized carbons (Fsp3) is 0.355. The van der Waals surface area contributed by atoms with Gasteiger partial charge < -0.3 is 20.3 Å². The maximum Gasteiger partial charge on any atom is 0.222 e. The number of benzene rings is 3. The van der Waals surface area contributed by atoms with Gasteiger partial charge in [0.15, 0.2) is 5.96 Å². The highest BCUT2D eigenvalue weighted by Gasteiger charge is 2.21. The number of hydrogen-bond donors (Lipinski definition) is 2. The first-order chi connectivity index (χ1) is 18.2. The number of aliphatic imine (C=N–C) groups is 1. The molecule has 3 aromatic rings. The molecule has 1 aliphatic heterocycles. The molecule has 0 unspecified atom stereocenters. The third-order valence-electron chi connectivity index (χ3n) is 6.77. The SMILES string of the molecule is COc1ccc(CCN(CC(c2ccccc2)c2ccccc2)C(=O)CCCCNC2=NCCN2)cc1. The molecule has 37 heavy (non-hydrogen) atoms. The van der Waals surface area contributed by atoms with Crippen molar-refractivity contribution in [1.82, 2.24) is 15.5 Å². The van der Waals surface area contributed by atoms with Crippen LogP contribution in [0.3, 0.4) is 0 Å². The van der Waals surface area contributed by atoms with E-state index in [1.807, 2.05) is 24.3 Å². The Hall–Kier alpha value is -3.80. The van der Waals surface area contributed by atoms with Crippen LogP contribution in [0.25, 0.3) is 0 Å². The summed E-state index contributed by atoms with van der Waals surface area (Å²) < 4.78 is 5.30. The van der Waals surface area contributed by atoms with Gasteiger partial charge in [0.05, 0.1) is 13.7 Å². The van der Waals surface area contributed by atoms with Crippen molar-refractivity contribution >= 4 is 11.9 Å². The molecule has 1 heterocycles. The van der Waals surface area contributed by atoms with Crippen molar-refractivity contribution in [2.24, 2.45) is 4.99 Å². The Morgan fingerprint density at radius 1 is 0.973 bits per heavy atom. The monoisotopic (exact) mass is 498 g/mol. The van der Waals surface area contributed by atoms with E-state index in [4.69, 9.17) is 4.74 Å². The fourth-order valence-corrected chi connectivity index (χ4v) is 4.65. The molecule has 0 fully saturated rings. The molecule has 0 aromatic heterocycles. The largest absolute Gasteiger partial charge is 0.497 e. The number of carbonyl (C=O) groups is 1. The topological polar surface area (TPSA) is 66.0 Å².